The number of aryl methyl sites for hydroxylation is 1. The molecule has 1 aromatic rings. The number of hydrogen-bond donors (Lipinski definition) is 3. The van der Waals surface area contributed by atoms with Crippen LogP contribution in [0.2, 0.25) is 0 Å². The van der Waals surface area contributed by atoms with Gasteiger partial charge in [-0.05, 0) is 40.7 Å². The number of hydrogen-bond acceptors (Lipinski definition) is 5. The minimum absolute atomic E-state index is 0.00692. The fraction of sp³-hybridized carbons (Fsp3) is 0.692. The van der Waals surface area contributed by atoms with Gasteiger partial charge in [0.05, 0.1) is 0 Å². The lowest BCUT2D eigenvalue weighted by molar-refractivity contribution is 0.629. The van der Waals surface area contributed by atoms with Gasteiger partial charge in [-0.2, -0.15) is 0 Å². The summed E-state index contributed by atoms with van der Waals surface area (Å²) in [5.41, 5.74) is 0.00692. The van der Waals surface area contributed by atoms with Gasteiger partial charge in [-0.15, -0.1) is 0 Å². The highest BCUT2D eigenvalue weighted by Crippen LogP contribution is 2.17. The van der Waals surface area contributed by atoms with E-state index in [0.29, 0.717) is 6.04 Å². The SMILES string of the molecule is Cc1nc(NC2CCNC2)cc(NC(C)(C)C)n1. The molecule has 0 spiro atoms. The zero-order valence-corrected chi connectivity index (χ0v) is 11.7. The van der Waals surface area contributed by atoms with E-state index in [0.717, 1.165) is 37.0 Å². The van der Waals surface area contributed by atoms with E-state index in [4.69, 9.17) is 0 Å². The Hall–Kier alpha value is -1.36. The molecule has 0 aromatic carbocycles. The summed E-state index contributed by atoms with van der Waals surface area (Å²) in [6, 6.07) is 2.46. The molecule has 0 bridgehead atoms. The van der Waals surface area contributed by atoms with Crippen molar-refractivity contribution < 1.29 is 0 Å². The fourth-order valence-corrected chi connectivity index (χ4v) is 2.08. The zero-order valence-electron chi connectivity index (χ0n) is 11.7. The molecule has 5 nitrogen and oxygen atoms in total. The smallest absolute Gasteiger partial charge is 0.132 e. The number of nitrogens with one attached hydrogen (secondary N) is 3. The van der Waals surface area contributed by atoms with E-state index < -0.39 is 0 Å². The largest absolute Gasteiger partial charge is 0.366 e. The molecule has 0 saturated carbocycles. The molecule has 18 heavy (non-hydrogen) atoms. The monoisotopic (exact) mass is 249 g/mol. The first-order valence-corrected chi connectivity index (χ1v) is 6.53. The average Bonchev–Trinajstić information content (AvgIpc) is 2.66. The van der Waals surface area contributed by atoms with Crippen molar-refractivity contribution in [3.8, 4) is 0 Å². The fourth-order valence-electron chi connectivity index (χ4n) is 2.08. The molecule has 0 aliphatic carbocycles. The van der Waals surface area contributed by atoms with Crippen LogP contribution in [0, 0.1) is 6.92 Å². The van der Waals surface area contributed by atoms with Gasteiger partial charge in [-0.3, -0.25) is 0 Å². The molecule has 1 unspecified atom stereocenters. The predicted molar refractivity (Wildman–Crippen MR) is 75.0 cm³/mol. The maximum absolute atomic E-state index is 4.44. The lowest BCUT2D eigenvalue weighted by atomic mass is 10.1. The molecular weight excluding hydrogens is 226 g/mol. The van der Waals surface area contributed by atoms with Crippen LogP contribution >= 0.6 is 0 Å². The lowest BCUT2D eigenvalue weighted by Crippen LogP contribution is -2.27. The second-order valence-electron chi connectivity index (χ2n) is 5.89. The molecule has 5 heteroatoms. The van der Waals surface area contributed by atoms with Crippen molar-refractivity contribution in [2.24, 2.45) is 0 Å². The molecule has 0 radical (unpaired) electrons. The van der Waals surface area contributed by atoms with Gasteiger partial charge in [0.15, 0.2) is 0 Å². The summed E-state index contributed by atoms with van der Waals surface area (Å²) < 4.78 is 0. The summed E-state index contributed by atoms with van der Waals surface area (Å²) in [7, 11) is 0. The Bertz CT molecular complexity index is 404. The number of aromatic nitrogens is 2. The van der Waals surface area contributed by atoms with Crippen LogP contribution in [-0.2, 0) is 0 Å². The van der Waals surface area contributed by atoms with Crippen LogP contribution in [-0.4, -0.2) is 34.6 Å². The summed E-state index contributed by atoms with van der Waals surface area (Å²) in [5, 5.41) is 10.2. The summed E-state index contributed by atoms with van der Waals surface area (Å²) in [6.07, 6.45) is 1.14. The molecule has 1 aliphatic heterocycles. The predicted octanol–water partition coefficient (Wildman–Crippen LogP) is 1.77. The van der Waals surface area contributed by atoms with Crippen molar-refractivity contribution in [3.05, 3.63) is 11.9 Å². The molecule has 1 atom stereocenters. The minimum Gasteiger partial charge on any atom is -0.366 e. The van der Waals surface area contributed by atoms with E-state index in [9.17, 15) is 0 Å². The molecule has 2 rings (SSSR count). The van der Waals surface area contributed by atoms with E-state index in [-0.39, 0.29) is 5.54 Å². The standard InChI is InChI=1S/C13H23N5/c1-9-15-11(17-10-5-6-14-8-10)7-12(16-9)18-13(2,3)4/h7,10,14H,5-6,8H2,1-4H3,(H2,15,16,17,18). The normalized spacial score (nSPS) is 19.9. The van der Waals surface area contributed by atoms with Crippen LogP contribution in [0.3, 0.4) is 0 Å². The second kappa shape index (κ2) is 5.10. The van der Waals surface area contributed by atoms with Crippen molar-refractivity contribution in [3.63, 3.8) is 0 Å². The zero-order chi connectivity index (χ0) is 13.2. The summed E-state index contributed by atoms with van der Waals surface area (Å²) in [5.74, 6) is 2.57. The first-order valence-electron chi connectivity index (χ1n) is 6.53. The van der Waals surface area contributed by atoms with Gasteiger partial charge in [0.25, 0.3) is 0 Å². The van der Waals surface area contributed by atoms with Crippen LogP contribution < -0.4 is 16.0 Å². The van der Waals surface area contributed by atoms with Crippen LogP contribution in [0.5, 0.6) is 0 Å². The summed E-state index contributed by atoms with van der Waals surface area (Å²) >= 11 is 0. The molecule has 1 fully saturated rings. The van der Waals surface area contributed by atoms with Gasteiger partial charge in [0.2, 0.25) is 0 Å². The number of anilines is 2. The van der Waals surface area contributed by atoms with Gasteiger partial charge in [0.1, 0.15) is 17.5 Å². The van der Waals surface area contributed by atoms with Crippen molar-refractivity contribution >= 4 is 11.6 Å². The van der Waals surface area contributed by atoms with Crippen LogP contribution in [0.25, 0.3) is 0 Å². The van der Waals surface area contributed by atoms with E-state index in [1.165, 1.54) is 0 Å². The van der Waals surface area contributed by atoms with Gasteiger partial charge < -0.3 is 16.0 Å². The molecule has 0 amide bonds. The Kier molecular flexibility index (Phi) is 3.71. The maximum Gasteiger partial charge on any atom is 0.132 e. The van der Waals surface area contributed by atoms with Gasteiger partial charge in [-0.1, -0.05) is 0 Å². The van der Waals surface area contributed by atoms with E-state index in [1.54, 1.807) is 0 Å². The quantitative estimate of drug-likeness (QED) is 0.762. The van der Waals surface area contributed by atoms with Crippen molar-refractivity contribution in [2.45, 2.75) is 45.7 Å². The summed E-state index contributed by atoms with van der Waals surface area (Å²) in [4.78, 5) is 8.85. The summed E-state index contributed by atoms with van der Waals surface area (Å²) in [6.45, 7) is 10.4. The molecule has 3 N–H and O–H groups in total. The highest BCUT2D eigenvalue weighted by atomic mass is 15.1. The molecule has 100 valence electrons. The second-order valence-corrected chi connectivity index (χ2v) is 5.89. The number of rotatable bonds is 3. The Morgan fingerprint density at radius 1 is 1.28 bits per heavy atom. The first-order chi connectivity index (χ1) is 8.42. The molecule has 1 aliphatic rings. The molecule has 2 heterocycles. The van der Waals surface area contributed by atoms with Crippen molar-refractivity contribution in [1.29, 1.82) is 0 Å². The molecular formula is C13H23N5. The molecule has 1 aromatic heterocycles. The Morgan fingerprint density at radius 2 is 2.00 bits per heavy atom. The lowest BCUT2D eigenvalue weighted by Gasteiger charge is -2.22. The Labute approximate surface area is 109 Å². The van der Waals surface area contributed by atoms with E-state index >= 15 is 0 Å². The average molecular weight is 249 g/mol. The maximum atomic E-state index is 4.44. The highest BCUT2D eigenvalue weighted by molar-refractivity contribution is 5.49. The highest BCUT2D eigenvalue weighted by Gasteiger charge is 2.16. The first kappa shape index (κ1) is 13.1. The van der Waals surface area contributed by atoms with Crippen LogP contribution in [0.1, 0.15) is 33.0 Å². The number of nitrogens with zero attached hydrogens (tertiary/aromatic N) is 2. The van der Waals surface area contributed by atoms with Gasteiger partial charge >= 0.3 is 0 Å². The van der Waals surface area contributed by atoms with Crippen molar-refractivity contribution in [2.75, 3.05) is 23.7 Å². The Balaban J connectivity index is 2.10. The van der Waals surface area contributed by atoms with Gasteiger partial charge in [-0.25, -0.2) is 9.97 Å². The minimum atomic E-state index is 0.00692. The van der Waals surface area contributed by atoms with Crippen LogP contribution in [0.15, 0.2) is 6.07 Å². The third-order valence-corrected chi connectivity index (χ3v) is 2.75. The Morgan fingerprint density at radius 3 is 2.61 bits per heavy atom. The third kappa shape index (κ3) is 3.84. The van der Waals surface area contributed by atoms with Crippen molar-refractivity contribution in [1.82, 2.24) is 15.3 Å². The van der Waals surface area contributed by atoms with Crippen LogP contribution in [0.4, 0.5) is 11.6 Å². The topological polar surface area (TPSA) is 61.9 Å². The van der Waals surface area contributed by atoms with E-state index in [2.05, 4.69) is 46.7 Å². The third-order valence-electron chi connectivity index (χ3n) is 2.75. The van der Waals surface area contributed by atoms with Gasteiger partial charge in [0, 0.05) is 24.2 Å². The molecule has 1 saturated heterocycles. The van der Waals surface area contributed by atoms with E-state index in [1.807, 2.05) is 13.0 Å².